The first-order valence-electron chi connectivity index (χ1n) is 3.07. The number of halogens is 1. The monoisotopic (exact) mass is 205 g/mol. The Hall–Kier alpha value is -1.34. The van der Waals surface area contributed by atoms with Gasteiger partial charge in [0.2, 0.25) is 0 Å². The summed E-state index contributed by atoms with van der Waals surface area (Å²) in [5, 5.41) is 10.3. The van der Waals surface area contributed by atoms with Crippen LogP contribution >= 0.6 is 0 Å². The van der Waals surface area contributed by atoms with Crippen molar-refractivity contribution >= 4 is 16.8 Å². The van der Waals surface area contributed by atoms with E-state index in [0.717, 1.165) is 12.1 Å². The molecule has 0 saturated carbocycles. The predicted octanol–water partition coefficient (Wildman–Crippen LogP) is 1.31. The van der Waals surface area contributed by atoms with Crippen LogP contribution in [0.25, 0.3) is 0 Å². The van der Waals surface area contributed by atoms with Crippen molar-refractivity contribution in [3.8, 4) is 0 Å². The summed E-state index contributed by atoms with van der Waals surface area (Å²) in [5.74, 6) is -0.789. The molecule has 0 radical (unpaired) electrons. The molecule has 1 atom stereocenters. The Labute approximate surface area is 74.6 Å². The number of benzene rings is 1. The van der Waals surface area contributed by atoms with Crippen molar-refractivity contribution < 1.29 is 18.1 Å². The van der Waals surface area contributed by atoms with E-state index in [4.69, 9.17) is 4.55 Å². The summed E-state index contributed by atoms with van der Waals surface area (Å²) in [6.45, 7) is 0. The van der Waals surface area contributed by atoms with Crippen molar-refractivity contribution in [3.63, 3.8) is 0 Å². The highest BCUT2D eigenvalue weighted by Gasteiger charge is 2.18. The predicted molar refractivity (Wildman–Crippen MR) is 42.1 cm³/mol. The van der Waals surface area contributed by atoms with Crippen LogP contribution in [0.2, 0.25) is 0 Å². The first-order valence-corrected chi connectivity index (χ1v) is 4.18. The molecule has 0 amide bonds. The number of nitro groups is 1. The van der Waals surface area contributed by atoms with Gasteiger partial charge in [-0.2, -0.15) is 0 Å². The van der Waals surface area contributed by atoms with Crippen molar-refractivity contribution in [2.75, 3.05) is 0 Å². The highest BCUT2D eigenvalue weighted by molar-refractivity contribution is 7.79. The van der Waals surface area contributed by atoms with Gasteiger partial charge in [-0.3, -0.25) is 10.1 Å². The van der Waals surface area contributed by atoms with E-state index < -0.39 is 32.4 Å². The Morgan fingerprint density at radius 1 is 1.54 bits per heavy atom. The average Bonchev–Trinajstić information content (AvgIpc) is 2.03. The lowest BCUT2D eigenvalue weighted by atomic mass is 10.3. The minimum atomic E-state index is -2.55. The van der Waals surface area contributed by atoms with Crippen LogP contribution in [0.15, 0.2) is 23.1 Å². The molecule has 13 heavy (non-hydrogen) atoms. The zero-order chi connectivity index (χ0) is 10.0. The van der Waals surface area contributed by atoms with Gasteiger partial charge in [0.1, 0.15) is 10.7 Å². The number of hydrogen-bond donors (Lipinski definition) is 1. The Morgan fingerprint density at radius 3 is 2.62 bits per heavy atom. The Bertz CT molecular complexity index is 381. The first kappa shape index (κ1) is 9.75. The molecule has 1 unspecified atom stereocenters. The molecule has 1 aromatic carbocycles. The van der Waals surface area contributed by atoms with Crippen LogP contribution in [0.5, 0.6) is 0 Å². The van der Waals surface area contributed by atoms with Crippen LogP contribution in [-0.2, 0) is 11.1 Å². The Morgan fingerprint density at radius 2 is 2.15 bits per heavy atom. The molecule has 5 nitrogen and oxygen atoms in total. The smallest absolute Gasteiger partial charge is 0.288 e. The molecule has 0 aromatic heterocycles. The van der Waals surface area contributed by atoms with Gasteiger partial charge in [-0.15, -0.1) is 0 Å². The number of nitro benzene ring substituents is 1. The maximum atomic E-state index is 12.5. The van der Waals surface area contributed by atoms with Crippen molar-refractivity contribution in [2.24, 2.45) is 0 Å². The van der Waals surface area contributed by atoms with Crippen LogP contribution in [0.4, 0.5) is 10.1 Å². The maximum absolute atomic E-state index is 12.5. The lowest BCUT2D eigenvalue weighted by Gasteiger charge is -1.97. The largest absolute Gasteiger partial charge is 0.302 e. The van der Waals surface area contributed by atoms with Crippen molar-refractivity contribution in [2.45, 2.75) is 4.90 Å². The summed E-state index contributed by atoms with van der Waals surface area (Å²) in [5.41, 5.74) is -0.567. The molecular weight excluding hydrogens is 201 g/mol. The second-order valence-electron chi connectivity index (χ2n) is 2.12. The fourth-order valence-corrected chi connectivity index (χ4v) is 1.31. The Kier molecular flexibility index (Phi) is 2.69. The van der Waals surface area contributed by atoms with Crippen molar-refractivity contribution in [3.05, 3.63) is 34.1 Å². The van der Waals surface area contributed by atoms with Gasteiger partial charge in [0.25, 0.3) is 5.69 Å². The third-order valence-electron chi connectivity index (χ3n) is 1.31. The molecule has 1 rings (SSSR count). The van der Waals surface area contributed by atoms with Gasteiger partial charge in [-0.1, -0.05) is 0 Å². The van der Waals surface area contributed by atoms with E-state index in [1.807, 2.05) is 0 Å². The van der Waals surface area contributed by atoms with Crippen LogP contribution in [-0.4, -0.2) is 13.7 Å². The molecule has 0 aliphatic heterocycles. The molecule has 0 spiro atoms. The molecule has 0 bridgehead atoms. The van der Waals surface area contributed by atoms with Gasteiger partial charge in [0.05, 0.1) is 4.92 Å². The second-order valence-corrected chi connectivity index (χ2v) is 3.06. The SMILES string of the molecule is O=[N+]([O-])c1ccc(F)cc1S(=O)O. The summed E-state index contributed by atoms with van der Waals surface area (Å²) >= 11 is -2.55. The van der Waals surface area contributed by atoms with Gasteiger partial charge in [-0.25, -0.2) is 8.60 Å². The third-order valence-corrected chi connectivity index (χ3v) is 2.01. The van der Waals surface area contributed by atoms with Gasteiger partial charge >= 0.3 is 0 Å². The summed E-state index contributed by atoms with van der Waals surface area (Å²) in [6, 6.07) is 2.36. The molecule has 0 fully saturated rings. The second kappa shape index (κ2) is 3.58. The molecule has 0 aliphatic rings. The summed E-state index contributed by atoms with van der Waals surface area (Å²) in [4.78, 5) is 8.89. The zero-order valence-electron chi connectivity index (χ0n) is 6.14. The number of rotatable bonds is 2. The van der Waals surface area contributed by atoms with E-state index in [1.54, 1.807) is 0 Å². The lowest BCUT2D eigenvalue weighted by Crippen LogP contribution is -1.97. The van der Waals surface area contributed by atoms with Gasteiger partial charge in [0, 0.05) is 6.07 Å². The van der Waals surface area contributed by atoms with Crippen LogP contribution < -0.4 is 0 Å². The summed E-state index contributed by atoms with van der Waals surface area (Å²) in [7, 11) is 0. The summed E-state index contributed by atoms with van der Waals surface area (Å²) in [6.07, 6.45) is 0. The normalized spacial score (nSPS) is 12.5. The topological polar surface area (TPSA) is 80.4 Å². The standard InChI is InChI=1S/C6H4FNO4S/c7-4-1-2-5(8(9)10)6(3-4)13(11)12/h1-3H,(H,11,12). The molecular formula is C6H4FNO4S. The maximum Gasteiger partial charge on any atom is 0.288 e. The van der Waals surface area contributed by atoms with Crippen molar-refractivity contribution in [1.82, 2.24) is 0 Å². The van der Waals surface area contributed by atoms with E-state index in [0.29, 0.717) is 6.07 Å². The molecule has 0 aliphatic carbocycles. The number of nitrogens with zero attached hydrogens (tertiary/aromatic N) is 1. The van der Waals surface area contributed by atoms with E-state index in [-0.39, 0.29) is 0 Å². The highest BCUT2D eigenvalue weighted by Crippen LogP contribution is 2.21. The molecule has 7 heteroatoms. The fourth-order valence-electron chi connectivity index (χ4n) is 0.779. The molecule has 0 heterocycles. The average molecular weight is 205 g/mol. The third kappa shape index (κ3) is 2.07. The van der Waals surface area contributed by atoms with Crippen LogP contribution in [0.1, 0.15) is 0 Å². The molecule has 70 valence electrons. The lowest BCUT2D eigenvalue weighted by molar-refractivity contribution is -0.387. The van der Waals surface area contributed by atoms with Crippen LogP contribution in [0.3, 0.4) is 0 Å². The van der Waals surface area contributed by atoms with Crippen molar-refractivity contribution in [1.29, 1.82) is 0 Å². The highest BCUT2D eigenvalue weighted by atomic mass is 32.2. The van der Waals surface area contributed by atoms with Gasteiger partial charge in [-0.05, 0) is 12.1 Å². The first-order chi connectivity index (χ1) is 6.02. The minimum absolute atomic E-state index is 0.537. The van der Waals surface area contributed by atoms with E-state index in [2.05, 4.69) is 0 Å². The quantitative estimate of drug-likeness (QED) is 0.448. The number of hydrogen-bond acceptors (Lipinski definition) is 3. The van der Waals surface area contributed by atoms with E-state index in [9.17, 15) is 18.7 Å². The fraction of sp³-hybridized carbons (Fsp3) is 0. The zero-order valence-corrected chi connectivity index (χ0v) is 6.95. The van der Waals surface area contributed by atoms with E-state index in [1.165, 1.54) is 0 Å². The minimum Gasteiger partial charge on any atom is -0.302 e. The van der Waals surface area contributed by atoms with Gasteiger partial charge < -0.3 is 4.55 Å². The molecule has 1 aromatic rings. The Balaban J connectivity index is 3.35. The van der Waals surface area contributed by atoms with Crippen LogP contribution in [0, 0.1) is 15.9 Å². The molecule has 1 N–H and O–H groups in total. The van der Waals surface area contributed by atoms with Gasteiger partial charge in [0.15, 0.2) is 11.1 Å². The van der Waals surface area contributed by atoms with E-state index >= 15 is 0 Å². The summed E-state index contributed by atoms with van der Waals surface area (Å²) < 4.78 is 31.6. The molecule has 0 saturated heterocycles.